The highest BCUT2D eigenvalue weighted by Crippen LogP contribution is 2.31. The molecule has 0 spiro atoms. The van der Waals surface area contributed by atoms with Crippen LogP contribution in [-0.4, -0.2) is 13.5 Å². The van der Waals surface area contributed by atoms with E-state index in [9.17, 15) is 13.2 Å². The van der Waals surface area contributed by atoms with Crippen molar-refractivity contribution in [3.63, 3.8) is 0 Å². The van der Waals surface area contributed by atoms with Crippen molar-refractivity contribution in [3.8, 4) is 11.5 Å². The van der Waals surface area contributed by atoms with E-state index in [1.807, 2.05) is 0 Å². The first-order valence-electron chi connectivity index (χ1n) is 4.69. The van der Waals surface area contributed by atoms with Crippen LogP contribution in [0, 0.1) is 0 Å². The fourth-order valence-electron chi connectivity index (χ4n) is 1.30. The van der Waals surface area contributed by atoms with Crippen molar-refractivity contribution < 1.29 is 22.6 Å². The van der Waals surface area contributed by atoms with Gasteiger partial charge in [-0.1, -0.05) is 6.08 Å². The number of halogens is 3. The summed E-state index contributed by atoms with van der Waals surface area (Å²) in [4.78, 5) is 0. The van der Waals surface area contributed by atoms with Crippen LogP contribution < -0.4 is 15.2 Å². The minimum atomic E-state index is -4.73. The summed E-state index contributed by atoms with van der Waals surface area (Å²) in [5, 5.41) is 0. The Kier molecular flexibility index (Phi) is 4.01. The van der Waals surface area contributed by atoms with Gasteiger partial charge in [0.15, 0.2) is 0 Å². The van der Waals surface area contributed by atoms with Crippen molar-refractivity contribution in [2.75, 3.05) is 7.11 Å². The minimum absolute atomic E-state index is 0.342. The second-order valence-electron chi connectivity index (χ2n) is 3.21. The molecule has 0 amide bonds. The lowest BCUT2D eigenvalue weighted by Gasteiger charge is -2.15. The molecule has 0 unspecified atom stereocenters. The van der Waals surface area contributed by atoms with Crippen molar-refractivity contribution in [3.05, 3.63) is 36.4 Å². The van der Waals surface area contributed by atoms with Crippen molar-refractivity contribution in [2.24, 2.45) is 5.73 Å². The summed E-state index contributed by atoms with van der Waals surface area (Å²) < 4.78 is 44.9. The maximum Gasteiger partial charge on any atom is 0.573 e. The third-order valence-corrected chi connectivity index (χ3v) is 2.05. The topological polar surface area (TPSA) is 44.5 Å². The summed E-state index contributed by atoms with van der Waals surface area (Å²) in [7, 11) is 1.40. The van der Waals surface area contributed by atoms with E-state index in [2.05, 4.69) is 11.3 Å². The van der Waals surface area contributed by atoms with Crippen LogP contribution in [0.3, 0.4) is 0 Å². The molecule has 94 valence electrons. The van der Waals surface area contributed by atoms with Gasteiger partial charge in [0.2, 0.25) is 0 Å². The normalized spacial score (nSPS) is 13.0. The Bertz CT molecular complexity index is 404. The van der Waals surface area contributed by atoms with Gasteiger partial charge in [-0.25, -0.2) is 0 Å². The molecule has 1 atom stereocenters. The van der Waals surface area contributed by atoms with Gasteiger partial charge in [0, 0.05) is 5.56 Å². The first-order chi connectivity index (χ1) is 7.87. The zero-order valence-corrected chi connectivity index (χ0v) is 9.12. The van der Waals surface area contributed by atoms with Crippen molar-refractivity contribution in [1.82, 2.24) is 0 Å². The van der Waals surface area contributed by atoms with Crippen LogP contribution in [0.5, 0.6) is 11.5 Å². The summed E-state index contributed by atoms with van der Waals surface area (Å²) in [6.07, 6.45) is -3.33. The van der Waals surface area contributed by atoms with E-state index in [4.69, 9.17) is 10.5 Å². The Balaban J connectivity index is 3.08. The number of rotatable bonds is 4. The summed E-state index contributed by atoms with van der Waals surface area (Å²) in [5.74, 6) is 0.0394. The second kappa shape index (κ2) is 5.09. The first kappa shape index (κ1) is 13.4. The van der Waals surface area contributed by atoms with Gasteiger partial charge in [0.1, 0.15) is 11.5 Å². The summed E-state index contributed by atoms with van der Waals surface area (Å²) >= 11 is 0. The molecule has 1 rings (SSSR count). The molecule has 0 heterocycles. The van der Waals surface area contributed by atoms with Crippen LogP contribution in [0.25, 0.3) is 0 Å². The second-order valence-corrected chi connectivity index (χ2v) is 3.21. The first-order valence-corrected chi connectivity index (χ1v) is 4.69. The van der Waals surface area contributed by atoms with Crippen molar-refractivity contribution >= 4 is 0 Å². The van der Waals surface area contributed by atoms with Crippen LogP contribution in [0.2, 0.25) is 0 Å². The smallest absolute Gasteiger partial charge is 0.496 e. The average Bonchev–Trinajstić information content (AvgIpc) is 2.25. The molecule has 0 saturated carbocycles. The fraction of sp³-hybridized carbons (Fsp3) is 0.273. The lowest BCUT2D eigenvalue weighted by molar-refractivity contribution is -0.274. The van der Waals surface area contributed by atoms with Gasteiger partial charge in [-0.15, -0.1) is 19.8 Å². The van der Waals surface area contributed by atoms with E-state index < -0.39 is 12.4 Å². The van der Waals surface area contributed by atoms with Crippen LogP contribution >= 0.6 is 0 Å². The molecule has 0 bridgehead atoms. The van der Waals surface area contributed by atoms with Crippen molar-refractivity contribution in [1.29, 1.82) is 0 Å². The summed E-state index contributed by atoms with van der Waals surface area (Å²) in [6.45, 7) is 3.47. The molecule has 3 nitrogen and oxygen atoms in total. The number of ether oxygens (including phenoxy) is 2. The number of alkyl halides is 3. The molecule has 0 aliphatic heterocycles. The van der Waals surface area contributed by atoms with Gasteiger partial charge >= 0.3 is 6.36 Å². The molecule has 0 fully saturated rings. The molecule has 2 N–H and O–H groups in total. The third kappa shape index (κ3) is 3.67. The van der Waals surface area contributed by atoms with Gasteiger partial charge in [-0.05, 0) is 18.2 Å². The zero-order valence-electron chi connectivity index (χ0n) is 9.12. The monoisotopic (exact) mass is 247 g/mol. The highest BCUT2D eigenvalue weighted by molar-refractivity contribution is 5.43. The fourth-order valence-corrected chi connectivity index (χ4v) is 1.30. The SMILES string of the molecule is C=C[C@H](N)c1cc(OC(F)(F)F)ccc1OC. The molecule has 1 aromatic carbocycles. The van der Waals surface area contributed by atoms with Gasteiger partial charge in [0.25, 0.3) is 0 Å². The molecule has 6 heteroatoms. The minimum Gasteiger partial charge on any atom is -0.496 e. The number of methoxy groups -OCH3 is 1. The Morgan fingerprint density at radius 3 is 2.53 bits per heavy atom. The third-order valence-electron chi connectivity index (χ3n) is 2.05. The van der Waals surface area contributed by atoms with Gasteiger partial charge in [0.05, 0.1) is 13.2 Å². The maximum absolute atomic E-state index is 12.0. The van der Waals surface area contributed by atoms with E-state index in [0.717, 1.165) is 6.07 Å². The summed E-state index contributed by atoms with van der Waals surface area (Å²) in [6, 6.07) is 3.08. The molecule has 0 saturated heterocycles. The number of hydrogen-bond donors (Lipinski definition) is 1. The highest BCUT2D eigenvalue weighted by Gasteiger charge is 2.31. The predicted octanol–water partition coefficient (Wildman–Crippen LogP) is 2.78. The molecule has 17 heavy (non-hydrogen) atoms. The number of nitrogens with two attached hydrogens (primary N) is 1. The van der Waals surface area contributed by atoms with E-state index in [0.29, 0.717) is 11.3 Å². The Hall–Kier alpha value is -1.69. The Labute approximate surface area is 96.6 Å². The number of hydrogen-bond acceptors (Lipinski definition) is 3. The van der Waals surface area contributed by atoms with Crippen molar-refractivity contribution in [2.45, 2.75) is 12.4 Å². The van der Waals surface area contributed by atoms with Crippen LogP contribution in [-0.2, 0) is 0 Å². The molecule has 0 radical (unpaired) electrons. The van der Waals surface area contributed by atoms with Gasteiger partial charge in [-0.3, -0.25) is 0 Å². The molecule has 1 aromatic rings. The average molecular weight is 247 g/mol. The van der Waals surface area contributed by atoms with Crippen LogP contribution in [0.4, 0.5) is 13.2 Å². The molecular formula is C11H12F3NO2. The van der Waals surface area contributed by atoms with E-state index in [-0.39, 0.29) is 5.75 Å². The lowest BCUT2D eigenvalue weighted by Crippen LogP contribution is -2.17. The Morgan fingerprint density at radius 1 is 1.41 bits per heavy atom. The Morgan fingerprint density at radius 2 is 2.06 bits per heavy atom. The molecule has 0 aromatic heterocycles. The maximum atomic E-state index is 12.0. The summed E-state index contributed by atoms with van der Waals surface area (Å²) in [5.41, 5.74) is 6.05. The zero-order chi connectivity index (χ0) is 13.1. The van der Waals surface area contributed by atoms with Crippen LogP contribution in [0.1, 0.15) is 11.6 Å². The molecule has 0 aliphatic carbocycles. The quantitative estimate of drug-likeness (QED) is 0.832. The lowest BCUT2D eigenvalue weighted by atomic mass is 10.1. The largest absolute Gasteiger partial charge is 0.573 e. The number of benzene rings is 1. The molecular weight excluding hydrogens is 235 g/mol. The predicted molar refractivity (Wildman–Crippen MR) is 56.8 cm³/mol. The highest BCUT2D eigenvalue weighted by atomic mass is 19.4. The van der Waals surface area contributed by atoms with Crippen LogP contribution in [0.15, 0.2) is 30.9 Å². The van der Waals surface area contributed by atoms with Gasteiger partial charge in [-0.2, -0.15) is 0 Å². The van der Waals surface area contributed by atoms with E-state index in [1.54, 1.807) is 0 Å². The van der Waals surface area contributed by atoms with E-state index in [1.165, 1.54) is 25.3 Å². The standard InChI is InChI=1S/C11H12F3NO2/c1-3-9(15)8-6-7(17-11(12,13)14)4-5-10(8)16-2/h3-6,9H,1,15H2,2H3/t9-/m0/s1. The van der Waals surface area contributed by atoms with Gasteiger partial charge < -0.3 is 15.2 Å². The van der Waals surface area contributed by atoms with E-state index >= 15 is 0 Å². The molecule has 0 aliphatic rings.